The second-order valence-electron chi connectivity index (χ2n) is 4.48. The van der Waals surface area contributed by atoms with Gasteiger partial charge in [-0.15, -0.1) is 0 Å². The van der Waals surface area contributed by atoms with Crippen molar-refractivity contribution in [2.45, 2.75) is 45.4 Å². The van der Waals surface area contributed by atoms with Crippen molar-refractivity contribution in [1.29, 1.82) is 0 Å². The van der Waals surface area contributed by atoms with Gasteiger partial charge in [-0.05, 0) is 43.5 Å². The Morgan fingerprint density at radius 2 is 1.78 bits per heavy atom. The van der Waals surface area contributed by atoms with Crippen LogP contribution < -0.4 is 0 Å². The molecule has 98 valence electrons. The molecule has 0 aliphatic carbocycles. The Kier molecular flexibility index (Phi) is 6.85. The predicted octanol–water partition coefficient (Wildman–Crippen LogP) is 4.49. The van der Waals surface area contributed by atoms with E-state index in [1.807, 2.05) is 0 Å². The number of allylic oxidation sites excluding steroid dienone is 2. The van der Waals surface area contributed by atoms with Gasteiger partial charge in [0, 0.05) is 12.0 Å². The molecule has 1 aromatic rings. The van der Waals surface area contributed by atoms with Crippen LogP contribution in [0, 0.1) is 0 Å². The molecule has 1 aromatic carbocycles. The van der Waals surface area contributed by atoms with Gasteiger partial charge >= 0.3 is 0 Å². The first-order valence-electron chi connectivity index (χ1n) is 6.71. The van der Waals surface area contributed by atoms with Crippen LogP contribution in [-0.4, -0.2) is 10.9 Å². The average molecular weight is 246 g/mol. The predicted molar refractivity (Wildman–Crippen MR) is 75.0 cm³/mol. The minimum atomic E-state index is 0.133. The summed E-state index contributed by atoms with van der Waals surface area (Å²) in [5, 5.41) is 9.13. The molecule has 0 saturated carbocycles. The molecule has 2 nitrogen and oxygen atoms in total. The van der Waals surface area contributed by atoms with E-state index in [2.05, 4.69) is 19.1 Å². The minimum absolute atomic E-state index is 0.133. The largest absolute Gasteiger partial charge is 0.508 e. The van der Waals surface area contributed by atoms with E-state index in [4.69, 9.17) is 5.11 Å². The third-order valence-electron chi connectivity index (χ3n) is 2.87. The first-order valence-corrected chi connectivity index (χ1v) is 6.71. The fourth-order valence-corrected chi connectivity index (χ4v) is 1.75. The van der Waals surface area contributed by atoms with Gasteiger partial charge in [0.25, 0.3) is 0 Å². The quantitative estimate of drug-likeness (QED) is 0.417. The number of phenols is 1. The summed E-state index contributed by atoms with van der Waals surface area (Å²) >= 11 is 0. The van der Waals surface area contributed by atoms with Crippen molar-refractivity contribution in [3.05, 3.63) is 42.0 Å². The van der Waals surface area contributed by atoms with E-state index >= 15 is 0 Å². The lowest BCUT2D eigenvalue weighted by Gasteiger charge is -1.99. The van der Waals surface area contributed by atoms with Crippen LogP contribution in [0.1, 0.15) is 55.8 Å². The van der Waals surface area contributed by atoms with Gasteiger partial charge in [0.2, 0.25) is 0 Å². The van der Waals surface area contributed by atoms with Gasteiger partial charge < -0.3 is 5.11 Å². The molecule has 0 spiro atoms. The Bertz CT molecular complexity index is 377. The summed E-state index contributed by atoms with van der Waals surface area (Å²) in [4.78, 5) is 11.8. The van der Waals surface area contributed by atoms with Crippen LogP contribution in [0.2, 0.25) is 0 Å². The standard InChI is InChI=1S/C16H22O2/c1-2-3-4-5-6-7-8-9-16(18)14-10-12-15(17)13-11-14/h6-7,10-13,17H,2-5,8-9H2,1H3/b7-6+. The van der Waals surface area contributed by atoms with Gasteiger partial charge in [0.15, 0.2) is 5.78 Å². The van der Waals surface area contributed by atoms with Crippen LogP contribution in [0.3, 0.4) is 0 Å². The summed E-state index contributed by atoms with van der Waals surface area (Å²) in [6, 6.07) is 6.44. The lowest BCUT2D eigenvalue weighted by atomic mass is 10.1. The van der Waals surface area contributed by atoms with Crippen molar-refractivity contribution in [2.24, 2.45) is 0 Å². The average Bonchev–Trinajstić information content (AvgIpc) is 2.38. The van der Waals surface area contributed by atoms with Crippen molar-refractivity contribution >= 4 is 5.78 Å². The third kappa shape index (κ3) is 5.67. The van der Waals surface area contributed by atoms with Crippen molar-refractivity contribution in [3.63, 3.8) is 0 Å². The van der Waals surface area contributed by atoms with E-state index in [0.717, 1.165) is 12.8 Å². The van der Waals surface area contributed by atoms with Crippen LogP contribution >= 0.6 is 0 Å². The second kappa shape index (κ2) is 8.51. The van der Waals surface area contributed by atoms with Crippen molar-refractivity contribution in [3.8, 4) is 5.75 Å². The highest BCUT2D eigenvalue weighted by Gasteiger charge is 2.03. The number of hydrogen-bond acceptors (Lipinski definition) is 2. The first kappa shape index (κ1) is 14.5. The van der Waals surface area contributed by atoms with E-state index < -0.39 is 0 Å². The van der Waals surface area contributed by atoms with E-state index in [9.17, 15) is 4.79 Å². The molecule has 1 N–H and O–H groups in total. The summed E-state index contributed by atoms with van der Waals surface area (Å²) in [5.41, 5.74) is 0.673. The van der Waals surface area contributed by atoms with Crippen LogP contribution in [0.5, 0.6) is 5.75 Å². The number of ketones is 1. The topological polar surface area (TPSA) is 37.3 Å². The molecule has 0 aromatic heterocycles. The Morgan fingerprint density at radius 3 is 2.44 bits per heavy atom. The van der Waals surface area contributed by atoms with E-state index in [1.54, 1.807) is 24.3 Å². The zero-order valence-corrected chi connectivity index (χ0v) is 11.1. The molecule has 0 fully saturated rings. The maximum Gasteiger partial charge on any atom is 0.163 e. The Morgan fingerprint density at radius 1 is 1.11 bits per heavy atom. The fourth-order valence-electron chi connectivity index (χ4n) is 1.75. The van der Waals surface area contributed by atoms with Crippen LogP contribution in [-0.2, 0) is 0 Å². The minimum Gasteiger partial charge on any atom is -0.508 e. The molecule has 0 atom stereocenters. The number of carbonyl (C=O) groups is 1. The van der Waals surface area contributed by atoms with Crippen molar-refractivity contribution < 1.29 is 9.90 Å². The number of benzene rings is 1. The second-order valence-corrected chi connectivity index (χ2v) is 4.48. The van der Waals surface area contributed by atoms with Crippen molar-refractivity contribution in [2.75, 3.05) is 0 Å². The molecule has 0 aliphatic rings. The van der Waals surface area contributed by atoms with Crippen LogP contribution in [0.4, 0.5) is 0 Å². The number of hydrogen-bond donors (Lipinski definition) is 1. The smallest absolute Gasteiger partial charge is 0.163 e. The summed E-state index contributed by atoms with van der Waals surface area (Å²) in [6.45, 7) is 2.19. The summed E-state index contributed by atoms with van der Waals surface area (Å²) in [6.07, 6.45) is 10.5. The summed E-state index contributed by atoms with van der Waals surface area (Å²) in [5.74, 6) is 0.329. The van der Waals surface area contributed by atoms with Crippen LogP contribution in [0.25, 0.3) is 0 Å². The molecular formula is C16H22O2. The number of unbranched alkanes of at least 4 members (excludes halogenated alkanes) is 3. The van der Waals surface area contributed by atoms with E-state index in [0.29, 0.717) is 12.0 Å². The SMILES string of the molecule is CCCCC/C=C/CCC(=O)c1ccc(O)cc1. The Hall–Kier alpha value is -1.57. The summed E-state index contributed by atoms with van der Waals surface area (Å²) in [7, 11) is 0. The van der Waals surface area contributed by atoms with Gasteiger partial charge in [0.05, 0.1) is 0 Å². The zero-order valence-electron chi connectivity index (χ0n) is 11.1. The number of Topliss-reactive ketones (excluding diaryl/α,β-unsaturated/α-hetero) is 1. The molecule has 0 amide bonds. The highest BCUT2D eigenvalue weighted by atomic mass is 16.3. The maximum atomic E-state index is 11.8. The molecule has 2 heteroatoms. The molecular weight excluding hydrogens is 224 g/mol. The van der Waals surface area contributed by atoms with E-state index in [1.165, 1.54) is 19.3 Å². The molecule has 0 unspecified atom stereocenters. The third-order valence-corrected chi connectivity index (χ3v) is 2.87. The summed E-state index contributed by atoms with van der Waals surface area (Å²) < 4.78 is 0. The van der Waals surface area contributed by atoms with Crippen molar-refractivity contribution in [1.82, 2.24) is 0 Å². The van der Waals surface area contributed by atoms with Gasteiger partial charge in [-0.25, -0.2) is 0 Å². The van der Waals surface area contributed by atoms with Gasteiger partial charge in [0.1, 0.15) is 5.75 Å². The molecule has 0 heterocycles. The number of carbonyl (C=O) groups excluding carboxylic acids is 1. The van der Waals surface area contributed by atoms with Gasteiger partial charge in [-0.3, -0.25) is 4.79 Å². The fraction of sp³-hybridized carbons (Fsp3) is 0.438. The monoisotopic (exact) mass is 246 g/mol. The number of aromatic hydroxyl groups is 1. The molecule has 0 saturated heterocycles. The molecule has 0 bridgehead atoms. The number of phenolic OH excluding ortho intramolecular Hbond substituents is 1. The number of rotatable bonds is 8. The lowest BCUT2D eigenvalue weighted by molar-refractivity contribution is 0.0983. The Labute approximate surface area is 109 Å². The van der Waals surface area contributed by atoms with Gasteiger partial charge in [-0.1, -0.05) is 31.9 Å². The normalized spacial score (nSPS) is 10.9. The molecule has 0 aliphatic heterocycles. The zero-order chi connectivity index (χ0) is 13.2. The first-order chi connectivity index (χ1) is 8.74. The highest BCUT2D eigenvalue weighted by Crippen LogP contribution is 2.12. The van der Waals surface area contributed by atoms with Gasteiger partial charge in [-0.2, -0.15) is 0 Å². The Balaban J connectivity index is 2.23. The van der Waals surface area contributed by atoms with Crippen LogP contribution in [0.15, 0.2) is 36.4 Å². The lowest BCUT2D eigenvalue weighted by Crippen LogP contribution is -1.97. The molecule has 0 radical (unpaired) electrons. The maximum absolute atomic E-state index is 11.8. The van der Waals surface area contributed by atoms with E-state index in [-0.39, 0.29) is 11.5 Å². The highest BCUT2D eigenvalue weighted by molar-refractivity contribution is 5.96. The molecule has 1 rings (SSSR count). The molecule has 18 heavy (non-hydrogen) atoms.